The van der Waals surface area contributed by atoms with E-state index in [0.29, 0.717) is 0 Å². The van der Waals surface area contributed by atoms with Crippen LogP contribution in [-0.2, 0) is 7.05 Å². The first kappa shape index (κ1) is 6.15. The molecule has 2 aromatic rings. The second kappa shape index (κ2) is 1.95. The van der Waals surface area contributed by atoms with E-state index in [0.717, 1.165) is 5.65 Å². The molecule has 2 rings (SSSR count). The van der Waals surface area contributed by atoms with Crippen molar-refractivity contribution in [1.82, 2.24) is 9.61 Å². The van der Waals surface area contributed by atoms with Gasteiger partial charge in [0.1, 0.15) is 6.20 Å². The molecule has 11 heavy (non-hydrogen) atoms. The zero-order valence-electron chi connectivity index (χ0n) is 6.11. The monoisotopic (exact) mass is 150 g/mol. The number of nitrogens with zero attached hydrogens (tertiary/aromatic N) is 2. The maximum Gasteiger partial charge on any atom is 0.265 e. The minimum absolute atomic E-state index is 0.0280. The van der Waals surface area contributed by atoms with Gasteiger partial charge in [-0.25, -0.2) is 4.57 Å². The molecule has 1 N–H and O–H groups in total. The third-order valence-electron chi connectivity index (χ3n) is 1.66. The molecular weight excluding hydrogens is 142 g/mol. The molecule has 56 valence electrons. The van der Waals surface area contributed by atoms with Crippen LogP contribution in [0.1, 0.15) is 0 Å². The Balaban J connectivity index is 2.98. The molecule has 0 radical (unpaired) electrons. The van der Waals surface area contributed by atoms with Crippen LogP contribution in [0.3, 0.4) is 0 Å². The number of hydrogen-bond acceptors (Lipinski definition) is 1. The molecule has 0 aliphatic heterocycles. The average molecular weight is 150 g/mol. The molecule has 0 spiro atoms. The average Bonchev–Trinajstić information content (AvgIpc) is 2.33. The van der Waals surface area contributed by atoms with E-state index in [1.54, 1.807) is 23.1 Å². The van der Waals surface area contributed by atoms with Crippen molar-refractivity contribution in [3.05, 3.63) is 34.9 Å². The van der Waals surface area contributed by atoms with Crippen LogP contribution in [-0.4, -0.2) is 9.61 Å². The Morgan fingerprint density at radius 3 is 3.27 bits per heavy atom. The van der Waals surface area contributed by atoms with Crippen molar-refractivity contribution in [2.45, 2.75) is 0 Å². The van der Waals surface area contributed by atoms with E-state index in [9.17, 15) is 4.79 Å². The third-order valence-corrected chi connectivity index (χ3v) is 1.66. The van der Waals surface area contributed by atoms with Crippen LogP contribution in [0, 0.1) is 0 Å². The summed E-state index contributed by atoms with van der Waals surface area (Å²) in [7, 11) is 1.88. The van der Waals surface area contributed by atoms with Crippen molar-refractivity contribution in [3.63, 3.8) is 0 Å². The van der Waals surface area contributed by atoms with Gasteiger partial charge in [-0.1, -0.05) is 0 Å². The van der Waals surface area contributed by atoms with E-state index in [1.165, 1.54) is 6.07 Å². The second-order valence-corrected chi connectivity index (χ2v) is 2.46. The van der Waals surface area contributed by atoms with E-state index < -0.39 is 0 Å². The lowest BCUT2D eigenvalue weighted by molar-refractivity contribution is -0.646. The predicted molar refractivity (Wildman–Crippen MR) is 39.2 cm³/mol. The summed E-state index contributed by atoms with van der Waals surface area (Å²) >= 11 is 0. The molecular formula is C7H8N3O+. The van der Waals surface area contributed by atoms with Gasteiger partial charge >= 0.3 is 0 Å². The standard InChI is InChI=1S/C7H7N3O/c1-9-5-8-10-3-2-6(11)4-7(9)10/h2-5H,1H3/p+1. The highest BCUT2D eigenvalue weighted by molar-refractivity contribution is 5.28. The van der Waals surface area contributed by atoms with Gasteiger partial charge in [0.05, 0.1) is 13.1 Å². The van der Waals surface area contributed by atoms with Crippen molar-refractivity contribution >= 4 is 5.65 Å². The maximum atomic E-state index is 10.9. The van der Waals surface area contributed by atoms with Gasteiger partial charge in [0.15, 0.2) is 5.43 Å². The van der Waals surface area contributed by atoms with Crippen molar-refractivity contribution < 1.29 is 4.57 Å². The fourth-order valence-corrected chi connectivity index (χ4v) is 1.07. The minimum Gasteiger partial charge on any atom is -0.290 e. The molecule has 0 aromatic carbocycles. The lowest BCUT2D eigenvalue weighted by Crippen LogP contribution is -2.26. The Labute approximate surface area is 62.7 Å². The molecule has 2 aromatic heterocycles. The van der Waals surface area contributed by atoms with Crippen LogP contribution in [0.2, 0.25) is 0 Å². The van der Waals surface area contributed by atoms with Gasteiger partial charge in [0.2, 0.25) is 6.33 Å². The fourth-order valence-electron chi connectivity index (χ4n) is 1.07. The summed E-state index contributed by atoms with van der Waals surface area (Å²) in [4.78, 5) is 10.9. The summed E-state index contributed by atoms with van der Waals surface area (Å²) in [5, 5.41) is 2.96. The molecule has 0 aliphatic rings. The first-order valence-corrected chi connectivity index (χ1v) is 3.33. The molecule has 0 atom stereocenters. The van der Waals surface area contributed by atoms with Gasteiger partial charge in [-0.2, -0.15) is 5.10 Å². The Morgan fingerprint density at radius 2 is 2.45 bits per heavy atom. The molecule has 2 heterocycles. The summed E-state index contributed by atoms with van der Waals surface area (Å²) < 4.78 is 3.63. The van der Waals surface area contributed by atoms with Crippen molar-refractivity contribution in [2.75, 3.05) is 0 Å². The maximum absolute atomic E-state index is 10.9. The topological polar surface area (TPSA) is 41.1 Å². The van der Waals surface area contributed by atoms with Gasteiger partial charge in [0.25, 0.3) is 5.65 Å². The van der Waals surface area contributed by atoms with E-state index in [1.807, 2.05) is 11.6 Å². The number of rotatable bonds is 0. The van der Waals surface area contributed by atoms with Crippen LogP contribution >= 0.6 is 0 Å². The highest BCUT2D eigenvalue weighted by Crippen LogP contribution is 1.86. The summed E-state index contributed by atoms with van der Waals surface area (Å²) in [6, 6.07) is 3.10. The van der Waals surface area contributed by atoms with E-state index in [2.05, 4.69) is 5.10 Å². The molecule has 0 bridgehead atoms. The second-order valence-electron chi connectivity index (χ2n) is 2.46. The van der Waals surface area contributed by atoms with Crippen LogP contribution in [0.25, 0.3) is 5.65 Å². The molecule has 4 heteroatoms. The smallest absolute Gasteiger partial charge is 0.265 e. The first-order chi connectivity index (χ1) is 5.27. The van der Waals surface area contributed by atoms with Gasteiger partial charge in [0, 0.05) is 6.07 Å². The van der Waals surface area contributed by atoms with Gasteiger partial charge < -0.3 is 0 Å². The summed E-state index contributed by atoms with van der Waals surface area (Å²) in [5.41, 5.74) is 0.887. The quantitative estimate of drug-likeness (QED) is 0.503. The minimum atomic E-state index is 0.0280. The zero-order valence-corrected chi connectivity index (χ0v) is 6.11. The normalized spacial score (nSPS) is 10.6. The highest BCUT2D eigenvalue weighted by Gasteiger charge is 2.02. The molecule has 0 aliphatic carbocycles. The number of nitrogens with one attached hydrogen (secondary N) is 1. The number of aromatic amines is 1. The molecule has 0 saturated carbocycles. The molecule has 4 nitrogen and oxygen atoms in total. The number of aromatic nitrogens is 3. The molecule has 0 amide bonds. The van der Waals surface area contributed by atoms with Gasteiger partial charge in [-0.05, 0) is 0 Å². The van der Waals surface area contributed by atoms with Crippen molar-refractivity contribution in [2.24, 2.45) is 7.05 Å². The van der Waals surface area contributed by atoms with Crippen LogP contribution < -0.4 is 10.00 Å². The SMILES string of the molecule is C[n+]1c[nH]n2ccc(=O)cc21. The number of fused-ring (bicyclic) bond motifs is 1. The first-order valence-electron chi connectivity index (χ1n) is 3.33. The molecule has 0 fully saturated rings. The highest BCUT2D eigenvalue weighted by atomic mass is 16.1. The van der Waals surface area contributed by atoms with E-state index in [4.69, 9.17) is 0 Å². The molecule has 0 saturated heterocycles. The number of aryl methyl sites for hydroxylation is 1. The Morgan fingerprint density at radius 1 is 1.64 bits per heavy atom. The van der Waals surface area contributed by atoms with Crippen molar-refractivity contribution in [3.8, 4) is 0 Å². The lowest BCUT2D eigenvalue weighted by Gasteiger charge is -1.83. The number of hydrogen-bond donors (Lipinski definition) is 1. The summed E-state index contributed by atoms with van der Waals surface area (Å²) in [6.45, 7) is 0. The zero-order chi connectivity index (χ0) is 7.84. The fraction of sp³-hybridized carbons (Fsp3) is 0.143. The number of H-pyrrole nitrogens is 1. The Kier molecular flexibility index (Phi) is 1.09. The predicted octanol–water partition coefficient (Wildman–Crippen LogP) is -0.548. The third kappa shape index (κ3) is 0.832. The van der Waals surface area contributed by atoms with E-state index >= 15 is 0 Å². The van der Waals surface area contributed by atoms with Gasteiger partial charge in [-0.3, -0.25) is 4.79 Å². The Bertz CT molecular complexity index is 440. The van der Waals surface area contributed by atoms with Crippen LogP contribution in [0.15, 0.2) is 29.5 Å². The van der Waals surface area contributed by atoms with Gasteiger partial charge in [-0.15, -0.1) is 4.52 Å². The van der Waals surface area contributed by atoms with Crippen LogP contribution in [0.5, 0.6) is 0 Å². The lowest BCUT2D eigenvalue weighted by atomic mass is 10.5. The molecule has 0 unspecified atom stereocenters. The van der Waals surface area contributed by atoms with Crippen LogP contribution in [0.4, 0.5) is 0 Å². The summed E-state index contributed by atoms with van der Waals surface area (Å²) in [6.07, 6.45) is 3.49. The Hall–Kier alpha value is -1.58. The number of pyridine rings is 1. The largest absolute Gasteiger partial charge is 0.290 e. The van der Waals surface area contributed by atoms with E-state index in [-0.39, 0.29) is 5.43 Å². The van der Waals surface area contributed by atoms with Crippen molar-refractivity contribution in [1.29, 1.82) is 0 Å². The summed E-state index contributed by atoms with van der Waals surface area (Å²) in [5.74, 6) is 0.